The molecule has 1 saturated carbocycles. The summed E-state index contributed by atoms with van der Waals surface area (Å²) in [7, 11) is 0. The molecule has 3 atom stereocenters. The molecule has 0 amide bonds. The molecule has 10 heteroatoms. The lowest BCUT2D eigenvalue weighted by atomic mass is 10.1. The Morgan fingerprint density at radius 1 is 0.809 bits per heavy atom. The summed E-state index contributed by atoms with van der Waals surface area (Å²) in [5.41, 5.74) is 1.27. The first kappa shape index (κ1) is 53.5. The zero-order chi connectivity index (χ0) is 35.2. The summed E-state index contributed by atoms with van der Waals surface area (Å²) in [4.78, 5) is 0. The van der Waals surface area contributed by atoms with Crippen molar-refractivity contribution in [2.24, 2.45) is 11.8 Å². The molecule has 0 heterocycles. The van der Waals surface area contributed by atoms with Crippen LogP contribution in [-0.2, 0) is 6.54 Å². The van der Waals surface area contributed by atoms with Gasteiger partial charge in [0, 0.05) is 60.7 Å². The second-order valence-corrected chi connectivity index (χ2v) is 15.4. The molecule has 0 bridgehead atoms. The maximum absolute atomic E-state index is 11.8. The molecule has 4 N–H and O–H groups in total. The summed E-state index contributed by atoms with van der Waals surface area (Å²) in [6.45, 7) is 25.2. The lowest BCUT2D eigenvalue weighted by Gasteiger charge is -2.19. The Labute approximate surface area is 304 Å². The van der Waals surface area contributed by atoms with E-state index in [0.717, 1.165) is 30.6 Å². The van der Waals surface area contributed by atoms with Crippen LogP contribution in [0, 0.1) is 11.8 Å². The largest absolute Gasteiger partial charge is 0.389 e. The fourth-order valence-corrected chi connectivity index (χ4v) is 4.68. The average molecular weight is 738 g/mol. The second kappa shape index (κ2) is 29.5. The van der Waals surface area contributed by atoms with Gasteiger partial charge in [0.2, 0.25) is 0 Å². The Balaban J connectivity index is -0.000000259. The first-order chi connectivity index (χ1) is 20.7. The Hall–Kier alpha value is -0.280. The summed E-state index contributed by atoms with van der Waals surface area (Å²) in [6.07, 6.45) is 1.48. The molecule has 0 saturated heterocycles. The lowest BCUT2D eigenvalue weighted by molar-refractivity contribution is -0.143. The van der Waals surface area contributed by atoms with Crippen molar-refractivity contribution in [1.29, 1.82) is 0 Å². The van der Waals surface area contributed by atoms with E-state index in [1.54, 1.807) is 6.92 Å². The van der Waals surface area contributed by atoms with Gasteiger partial charge in [0.25, 0.3) is 0 Å². The van der Waals surface area contributed by atoms with Crippen molar-refractivity contribution >= 4 is 34.8 Å². The lowest BCUT2D eigenvalue weighted by Crippen LogP contribution is -2.34. The number of unbranched alkanes of at least 4 members (excludes halogenated alkanes) is 1. The molecule has 4 nitrogen and oxygen atoms in total. The standard InChI is InChI=1S/C10H14ClN.C10H23N.C8H16F3N.C7H13Cl2N.2CH4/c1-8(2)12-7-9-3-5-10(11)6-4-9;1-5-7-8-10(6-2)11-9(3)4;1-6(2)12-5-7(3)4-8(9,10)11;1-5(2)10-4-6-3-7(6,8)9;;/h3-6,8,12H,7H2,1-2H3;9-11H,5-8H2,1-4H3;6-7,12H,4-5H2,1-3H3;5-6,10H,3-4H2,1-2H3;2*1H4. The van der Waals surface area contributed by atoms with E-state index >= 15 is 0 Å². The first-order valence-electron chi connectivity index (χ1n) is 16.9. The first-order valence-corrected chi connectivity index (χ1v) is 18.0. The average Bonchev–Trinajstić information content (AvgIpc) is 3.54. The number of rotatable bonds is 16. The van der Waals surface area contributed by atoms with Gasteiger partial charge in [-0.15, -0.1) is 23.2 Å². The highest BCUT2D eigenvalue weighted by Gasteiger charge is 2.51. The molecule has 1 fully saturated rings. The molecule has 2 rings (SSSR count). The van der Waals surface area contributed by atoms with Crippen LogP contribution >= 0.6 is 34.8 Å². The maximum atomic E-state index is 11.8. The van der Waals surface area contributed by atoms with Gasteiger partial charge in [0.15, 0.2) is 0 Å². The molecular weight excluding hydrogens is 664 g/mol. The van der Waals surface area contributed by atoms with E-state index in [9.17, 15) is 13.2 Å². The zero-order valence-corrected chi connectivity index (χ0v) is 32.3. The molecule has 3 unspecified atom stereocenters. The van der Waals surface area contributed by atoms with Gasteiger partial charge < -0.3 is 21.3 Å². The van der Waals surface area contributed by atoms with E-state index in [1.807, 2.05) is 38.1 Å². The van der Waals surface area contributed by atoms with Crippen molar-refractivity contribution in [3.05, 3.63) is 34.9 Å². The van der Waals surface area contributed by atoms with Crippen LogP contribution in [0.25, 0.3) is 0 Å². The van der Waals surface area contributed by atoms with Crippen molar-refractivity contribution in [2.45, 2.75) is 177 Å². The van der Waals surface area contributed by atoms with Gasteiger partial charge in [-0.25, -0.2) is 0 Å². The normalized spacial score (nSPS) is 16.1. The third-order valence-corrected chi connectivity index (χ3v) is 7.96. The van der Waals surface area contributed by atoms with E-state index in [2.05, 4.69) is 76.7 Å². The molecule has 1 aromatic rings. The van der Waals surface area contributed by atoms with Crippen LogP contribution in [0.2, 0.25) is 5.02 Å². The predicted molar refractivity (Wildman–Crippen MR) is 207 cm³/mol. The Bertz CT molecular complexity index is 820. The summed E-state index contributed by atoms with van der Waals surface area (Å²) in [5, 5.41) is 14.0. The highest BCUT2D eigenvalue weighted by atomic mass is 35.5. The summed E-state index contributed by atoms with van der Waals surface area (Å²) in [5.74, 6) is 0.130. The second-order valence-electron chi connectivity index (χ2n) is 13.4. The predicted octanol–water partition coefficient (Wildman–Crippen LogP) is 11.8. The number of hydrogen-bond acceptors (Lipinski definition) is 4. The van der Waals surface area contributed by atoms with Crippen LogP contribution in [0.3, 0.4) is 0 Å². The van der Waals surface area contributed by atoms with Crippen molar-refractivity contribution < 1.29 is 13.2 Å². The van der Waals surface area contributed by atoms with Crippen LogP contribution in [0.5, 0.6) is 0 Å². The number of benzene rings is 1. The number of nitrogens with one attached hydrogen (secondary N) is 4. The molecule has 1 aliphatic rings. The van der Waals surface area contributed by atoms with Crippen LogP contribution in [0.1, 0.15) is 135 Å². The van der Waals surface area contributed by atoms with E-state index in [-0.39, 0.29) is 26.8 Å². The quantitative estimate of drug-likeness (QED) is 0.128. The molecule has 0 aliphatic heterocycles. The molecule has 284 valence electrons. The Morgan fingerprint density at radius 3 is 1.66 bits per heavy atom. The zero-order valence-electron chi connectivity index (χ0n) is 30.0. The molecule has 0 aromatic heterocycles. The van der Waals surface area contributed by atoms with E-state index in [1.165, 1.54) is 31.2 Å². The third kappa shape index (κ3) is 36.8. The molecule has 1 aliphatic carbocycles. The maximum Gasteiger partial charge on any atom is 0.389 e. The molecular formula is C37H74Cl3F3N4. The van der Waals surface area contributed by atoms with Gasteiger partial charge in [0.1, 0.15) is 4.33 Å². The minimum atomic E-state index is -4.03. The van der Waals surface area contributed by atoms with Crippen molar-refractivity contribution in [3.63, 3.8) is 0 Å². The van der Waals surface area contributed by atoms with Gasteiger partial charge in [-0.05, 0) is 49.4 Å². The SMILES string of the molecule is C.C.CC(C)NCC1CC1(Cl)Cl.CC(C)NCc1ccc(Cl)cc1.CC(CNC(C)C)CC(F)(F)F.CCCCC(CC)NC(C)C. The fraction of sp³-hybridized carbons (Fsp3) is 0.838. The highest BCUT2D eigenvalue weighted by molar-refractivity contribution is 6.50. The fourth-order valence-electron chi connectivity index (χ4n) is 4.02. The van der Waals surface area contributed by atoms with E-state index in [4.69, 9.17) is 34.8 Å². The van der Waals surface area contributed by atoms with Gasteiger partial charge in [-0.2, -0.15) is 13.2 Å². The van der Waals surface area contributed by atoms with Gasteiger partial charge >= 0.3 is 6.18 Å². The summed E-state index contributed by atoms with van der Waals surface area (Å²) in [6, 6.07) is 10.6. The summed E-state index contributed by atoms with van der Waals surface area (Å²) < 4.78 is 35.0. The molecule has 1 aromatic carbocycles. The number of hydrogen-bond donors (Lipinski definition) is 4. The van der Waals surface area contributed by atoms with Crippen molar-refractivity contribution in [1.82, 2.24) is 21.3 Å². The smallest absolute Gasteiger partial charge is 0.314 e. The van der Waals surface area contributed by atoms with Crippen LogP contribution in [-0.4, -0.2) is 53.8 Å². The van der Waals surface area contributed by atoms with Gasteiger partial charge in [0.05, 0.1) is 0 Å². The van der Waals surface area contributed by atoms with Crippen LogP contribution < -0.4 is 21.3 Å². The van der Waals surface area contributed by atoms with Gasteiger partial charge in [-0.1, -0.05) is 128 Å². The van der Waals surface area contributed by atoms with E-state index < -0.39 is 16.9 Å². The summed E-state index contributed by atoms with van der Waals surface area (Å²) >= 11 is 17.4. The monoisotopic (exact) mass is 736 g/mol. The van der Waals surface area contributed by atoms with Crippen LogP contribution in [0.4, 0.5) is 13.2 Å². The van der Waals surface area contributed by atoms with Crippen LogP contribution in [0.15, 0.2) is 24.3 Å². The Morgan fingerprint density at radius 2 is 1.30 bits per heavy atom. The van der Waals surface area contributed by atoms with Crippen molar-refractivity contribution in [2.75, 3.05) is 13.1 Å². The third-order valence-electron chi connectivity index (χ3n) is 6.78. The molecule has 47 heavy (non-hydrogen) atoms. The molecule has 0 spiro atoms. The Kier molecular flexibility index (Phi) is 33.5. The minimum Gasteiger partial charge on any atom is -0.314 e. The molecule has 0 radical (unpaired) electrons. The van der Waals surface area contributed by atoms with Gasteiger partial charge in [-0.3, -0.25) is 0 Å². The van der Waals surface area contributed by atoms with E-state index in [0.29, 0.717) is 30.6 Å². The topological polar surface area (TPSA) is 48.1 Å². The van der Waals surface area contributed by atoms with Crippen molar-refractivity contribution in [3.8, 4) is 0 Å². The highest BCUT2D eigenvalue weighted by Crippen LogP contribution is 2.52. The number of alkyl halides is 5. The number of halogens is 6. The minimum absolute atomic E-state index is 0.